The van der Waals surface area contributed by atoms with Gasteiger partial charge in [-0.3, -0.25) is 14.6 Å². The third kappa shape index (κ3) is 4.89. The highest BCUT2D eigenvalue weighted by atomic mass is 16.2. The van der Waals surface area contributed by atoms with Crippen molar-refractivity contribution in [1.82, 2.24) is 10.3 Å². The van der Waals surface area contributed by atoms with E-state index in [1.54, 1.807) is 12.3 Å². The molecule has 0 aliphatic heterocycles. The first-order valence-corrected chi connectivity index (χ1v) is 8.53. The van der Waals surface area contributed by atoms with E-state index in [1.165, 1.54) is 11.8 Å². The monoisotopic (exact) mass is 339 g/mol. The van der Waals surface area contributed by atoms with Crippen LogP contribution >= 0.6 is 0 Å². The molecule has 25 heavy (non-hydrogen) atoms. The van der Waals surface area contributed by atoms with Gasteiger partial charge >= 0.3 is 11.8 Å². The van der Waals surface area contributed by atoms with E-state index in [1.807, 2.05) is 32.9 Å². The van der Waals surface area contributed by atoms with Crippen LogP contribution in [-0.4, -0.2) is 16.8 Å². The number of rotatable bonds is 5. The Labute approximate surface area is 148 Å². The van der Waals surface area contributed by atoms with Crippen LogP contribution in [0.5, 0.6) is 0 Å². The molecule has 2 amide bonds. The Morgan fingerprint density at radius 2 is 1.76 bits per heavy atom. The van der Waals surface area contributed by atoms with Crippen LogP contribution in [0.15, 0.2) is 42.7 Å². The van der Waals surface area contributed by atoms with Crippen molar-refractivity contribution in [3.8, 4) is 0 Å². The second kappa shape index (κ2) is 8.42. The zero-order valence-corrected chi connectivity index (χ0v) is 15.2. The molecule has 0 fully saturated rings. The highest BCUT2D eigenvalue weighted by Gasteiger charge is 2.22. The first kappa shape index (κ1) is 18.6. The number of benzene rings is 1. The first-order chi connectivity index (χ1) is 11.9. The molecule has 0 unspecified atom stereocenters. The zero-order valence-electron chi connectivity index (χ0n) is 15.2. The van der Waals surface area contributed by atoms with Crippen LogP contribution in [0.4, 0.5) is 5.69 Å². The van der Waals surface area contributed by atoms with E-state index >= 15 is 0 Å². The number of amides is 2. The summed E-state index contributed by atoms with van der Waals surface area (Å²) in [6.45, 7) is 7.98. The standard InChI is InChI=1S/C20H25N3O2/c1-5-15-6-8-16(9-7-15)18(13(2)3)23-20(25)19(24)22-17-12-21-11-10-14(17)4/h6-13,18H,5H2,1-4H3,(H,22,24)(H,23,25)/t18-/m0/s1. The zero-order chi connectivity index (χ0) is 18.4. The molecule has 1 heterocycles. The molecule has 1 aromatic carbocycles. The second-order valence-corrected chi connectivity index (χ2v) is 6.44. The van der Waals surface area contributed by atoms with E-state index in [0.29, 0.717) is 5.69 Å². The smallest absolute Gasteiger partial charge is 0.313 e. The minimum Gasteiger partial charge on any atom is -0.341 e. The molecule has 0 saturated carbocycles. The largest absolute Gasteiger partial charge is 0.341 e. The van der Waals surface area contributed by atoms with Gasteiger partial charge < -0.3 is 10.6 Å². The maximum absolute atomic E-state index is 12.3. The number of carbonyl (C=O) groups is 2. The molecule has 2 rings (SSSR count). The van der Waals surface area contributed by atoms with E-state index < -0.39 is 11.8 Å². The average Bonchev–Trinajstić information content (AvgIpc) is 2.61. The molecular weight excluding hydrogens is 314 g/mol. The summed E-state index contributed by atoms with van der Waals surface area (Å²) in [5.41, 5.74) is 3.62. The highest BCUT2D eigenvalue weighted by Crippen LogP contribution is 2.22. The SMILES string of the molecule is CCc1ccc([C@@H](NC(=O)C(=O)Nc2cnccc2C)C(C)C)cc1. The number of aryl methyl sites for hydroxylation is 2. The molecule has 132 valence electrons. The van der Waals surface area contributed by atoms with Crippen LogP contribution in [0.2, 0.25) is 0 Å². The van der Waals surface area contributed by atoms with Gasteiger partial charge in [-0.05, 0) is 42.0 Å². The fourth-order valence-electron chi connectivity index (χ4n) is 2.58. The van der Waals surface area contributed by atoms with Crippen molar-refractivity contribution in [2.75, 3.05) is 5.32 Å². The molecule has 1 atom stereocenters. The van der Waals surface area contributed by atoms with Gasteiger partial charge in [0.1, 0.15) is 0 Å². The van der Waals surface area contributed by atoms with E-state index in [2.05, 4.69) is 34.7 Å². The number of aromatic nitrogens is 1. The Morgan fingerprint density at radius 1 is 1.08 bits per heavy atom. The molecule has 2 aromatic rings. The molecule has 0 radical (unpaired) electrons. The number of hydrogen-bond donors (Lipinski definition) is 2. The number of hydrogen-bond acceptors (Lipinski definition) is 3. The number of carbonyl (C=O) groups excluding carboxylic acids is 2. The number of nitrogens with zero attached hydrogens (tertiary/aromatic N) is 1. The summed E-state index contributed by atoms with van der Waals surface area (Å²) in [7, 11) is 0. The molecule has 5 heteroatoms. The van der Waals surface area contributed by atoms with E-state index in [9.17, 15) is 9.59 Å². The molecule has 0 aliphatic rings. The predicted octanol–water partition coefficient (Wildman–Crippen LogP) is 3.40. The predicted molar refractivity (Wildman–Crippen MR) is 99.1 cm³/mol. The summed E-state index contributed by atoms with van der Waals surface area (Å²) in [4.78, 5) is 28.5. The van der Waals surface area contributed by atoms with Crippen molar-refractivity contribution in [3.05, 3.63) is 59.4 Å². The minimum absolute atomic E-state index is 0.157. The van der Waals surface area contributed by atoms with E-state index in [4.69, 9.17) is 0 Å². The topological polar surface area (TPSA) is 71.1 Å². The Kier molecular flexibility index (Phi) is 6.28. The van der Waals surface area contributed by atoms with Gasteiger partial charge in [0.05, 0.1) is 17.9 Å². The summed E-state index contributed by atoms with van der Waals surface area (Å²) in [5, 5.41) is 5.45. The Morgan fingerprint density at radius 3 is 2.32 bits per heavy atom. The van der Waals surface area contributed by atoms with Gasteiger partial charge in [-0.1, -0.05) is 45.0 Å². The van der Waals surface area contributed by atoms with Crippen LogP contribution in [0.25, 0.3) is 0 Å². The maximum Gasteiger partial charge on any atom is 0.313 e. The molecule has 1 aromatic heterocycles. The molecule has 0 aliphatic carbocycles. The maximum atomic E-state index is 12.3. The van der Waals surface area contributed by atoms with Gasteiger partial charge in [-0.25, -0.2) is 0 Å². The molecule has 0 saturated heterocycles. The lowest BCUT2D eigenvalue weighted by atomic mass is 9.95. The summed E-state index contributed by atoms with van der Waals surface area (Å²) in [6, 6.07) is 9.67. The average molecular weight is 339 g/mol. The Hall–Kier alpha value is -2.69. The number of nitrogens with one attached hydrogen (secondary N) is 2. The third-order valence-electron chi connectivity index (χ3n) is 4.19. The van der Waals surface area contributed by atoms with Crippen LogP contribution in [0, 0.1) is 12.8 Å². The summed E-state index contributed by atoms with van der Waals surface area (Å²) in [6.07, 6.45) is 4.13. The molecular formula is C20H25N3O2. The van der Waals surface area contributed by atoms with Crippen molar-refractivity contribution < 1.29 is 9.59 Å². The Bertz CT molecular complexity index is 739. The third-order valence-corrected chi connectivity index (χ3v) is 4.19. The lowest BCUT2D eigenvalue weighted by Crippen LogP contribution is -2.39. The normalized spacial score (nSPS) is 11.9. The van der Waals surface area contributed by atoms with Crippen molar-refractivity contribution >= 4 is 17.5 Å². The van der Waals surface area contributed by atoms with Gasteiger partial charge in [0.25, 0.3) is 0 Å². The quantitative estimate of drug-likeness (QED) is 0.820. The van der Waals surface area contributed by atoms with Crippen molar-refractivity contribution in [1.29, 1.82) is 0 Å². The van der Waals surface area contributed by atoms with Gasteiger partial charge in [-0.2, -0.15) is 0 Å². The Balaban J connectivity index is 2.09. The molecule has 2 N–H and O–H groups in total. The van der Waals surface area contributed by atoms with Crippen molar-refractivity contribution in [2.24, 2.45) is 5.92 Å². The van der Waals surface area contributed by atoms with Crippen molar-refractivity contribution in [3.63, 3.8) is 0 Å². The van der Waals surface area contributed by atoms with Gasteiger partial charge in [0.15, 0.2) is 0 Å². The lowest BCUT2D eigenvalue weighted by molar-refractivity contribution is -0.136. The van der Waals surface area contributed by atoms with Crippen LogP contribution in [0.3, 0.4) is 0 Å². The van der Waals surface area contributed by atoms with Crippen LogP contribution in [-0.2, 0) is 16.0 Å². The molecule has 0 bridgehead atoms. The lowest BCUT2D eigenvalue weighted by Gasteiger charge is -2.23. The highest BCUT2D eigenvalue weighted by molar-refractivity contribution is 6.39. The fraction of sp³-hybridized carbons (Fsp3) is 0.350. The van der Waals surface area contributed by atoms with Crippen LogP contribution < -0.4 is 10.6 Å². The van der Waals surface area contributed by atoms with E-state index in [0.717, 1.165) is 17.5 Å². The second-order valence-electron chi connectivity index (χ2n) is 6.44. The fourth-order valence-corrected chi connectivity index (χ4v) is 2.58. The van der Waals surface area contributed by atoms with Crippen molar-refractivity contribution in [2.45, 2.75) is 40.2 Å². The molecule has 0 spiro atoms. The van der Waals surface area contributed by atoms with Gasteiger partial charge in [-0.15, -0.1) is 0 Å². The summed E-state index contributed by atoms with van der Waals surface area (Å²) in [5.74, 6) is -1.18. The first-order valence-electron chi connectivity index (χ1n) is 8.53. The summed E-state index contributed by atoms with van der Waals surface area (Å²) < 4.78 is 0. The van der Waals surface area contributed by atoms with E-state index in [-0.39, 0.29) is 12.0 Å². The molecule has 5 nitrogen and oxygen atoms in total. The van der Waals surface area contributed by atoms with Gasteiger partial charge in [0.2, 0.25) is 0 Å². The minimum atomic E-state index is -0.688. The number of pyridine rings is 1. The summed E-state index contributed by atoms with van der Waals surface area (Å²) >= 11 is 0. The number of anilines is 1. The van der Waals surface area contributed by atoms with Crippen LogP contribution in [0.1, 0.15) is 43.5 Å². The van der Waals surface area contributed by atoms with Gasteiger partial charge in [0, 0.05) is 6.20 Å².